The van der Waals surface area contributed by atoms with E-state index in [1.165, 1.54) is 0 Å². The maximum absolute atomic E-state index is 11.9. The van der Waals surface area contributed by atoms with Gasteiger partial charge < -0.3 is 14.2 Å². The second-order valence-corrected chi connectivity index (χ2v) is 9.01. The summed E-state index contributed by atoms with van der Waals surface area (Å²) in [5, 5.41) is 0.717. The third-order valence-corrected chi connectivity index (χ3v) is 6.74. The Hall–Kier alpha value is -1.28. The van der Waals surface area contributed by atoms with Gasteiger partial charge in [0.15, 0.2) is 6.10 Å². The highest BCUT2D eigenvalue weighted by Gasteiger charge is 2.62. The van der Waals surface area contributed by atoms with Gasteiger partial charge in [-0.2, -0.15) is 0 Å². The zero-order valence-corrected chi connectivity index (χ0v) is 18.5. The fourth-order valence-electron chi connectivity index (χ4n) is 4.06. The summed E-state index contributed by atoms with van der Waals surface area (Å²) in [5.74, 6) is -2.37. The molecule has 0 amide bonds. The van der Waals surface area contributed by atoms with Gasteiger partial charge in [0, 0.05) is 30.1 Å². The van der Waals surface area contributed by atoms with Crippen LogP contribution in [-0.4, -0.2) is 54.8 Å². The van der Waals surface area contributed by atoms with Crippen LogP contribution in [0, 0.1) is 5.92 Å². The summed E-state index contributed by atoms with van der Waals surface area (Å²) in [7, 11) is 1.58. The molecule has 2 unspecified atom stereocenters. The van der Waals surface area contributed by atoms with Crippen LogP contribution >= 0.6 is 23.4 Å². The van der Waals surface area contributed by atoms with Crippen LogP contribution in [-0.2, 0) is 23.8 Å². The number of hydrogen-bond donors (Lipinski definition) is 0. The molecule has 0 N–H and O–H groups in total. The number of halogens is 1. The molecule has 2 aliphatic heterocycles. The first-order valence-electron chi connectivity index (χ1n) is 10.1. The highest BCUT2D eigenvalue weighted by Crippen LogP contribution is 2.41. The van der Waals surface area contributed by atoms with Crippen LogP contribution in [0.5, 0.6) is 0 Å². The summed E-state index contributed by atoms with van der Waals surface area (Å²) in [6.45, 7) is 3.52. The summed E-state index contributed by atoms with van der Waals surface area (Å²) in [5.41, 5.74) is 0. The Morgan fingerprint density at radius 3 is 2.69 bits per heavy atom. The van der Waals surface area contributed by atoms with Gasteiger partial charge in [-0.25, -0.2) is 14.5 Å². The Balaban J connectivity index is 1.69. The number of nitrogens with zero attached hydrogens (tertiary/aromatic N) is 1. The van der Waals surface area contributed by atoms with Crippen LogP contribution in [0.4, 0.5) is 0 Å². The first kappa shape index (κ1) is 22.4. The summed E-state index contributed by atoms with van der Waals surface area (Å²) >= 11 is 7.78. The zero-order chi connectivity index (χ0) is 20.9. The van der Waals surface area contributed by atoms with Crippen molar-refractivity contribution in [3.63, 3.8) is 0 Å². The molecule has 0 bridgehead atoms. The molecule has 8 heteroatoms. The molecule has 160 valence electrons. The Labute approximate surface area is 181 Å². The lowest BCUT2D eigenvalue weighted by molar-refractivity contribution is -0.322. The molecule has 29 heavy (non-hydrogen) atoms. The fourth-order valence-corrected chi connectivity index (χ4v) is 5.36. The standard InChI is InChI=1S/C21H28ClNO5S/c1-3-4-5-11-23-12-9-15(10-13-29-17-8-6-7-16(22)14-17)18(26-2)21(23)27-19(24)20(25)28-21/h6-8,14-15,18H,3-5,9-13H2,1-2H3. The van der Waals surface area contributed by atoms with Crippen molar-refractivity contribution in [2.24, 2.45) is 5.92 Å². The molecule has 1 aromatic rings. The van der Waals surface area contributed by atoms with Crippen molar-refractivity contribution in [2.45, 2.75) is 55.9 Å². The summed E-state index contributed by atoms with van der Waals surface area (Å²) < 4.78 is 16.8. The molecule has 0 saturated carbocycles. The van der Waals surface area contributed by atoms with Gasteiger partial charge in [0.05, 0.1) is 0 Å². The van der Waals surface area contributed by atoms with Gasteiger partial charge >= 0.3 is 17.8 Å². The van der Waals surface area contributed by atoms with Gasteiger partial charge in [0.25, 0.3) is 0 Å². The van der Waals surface area contributed by atoms with Gasteiger partial charge in [-0.1, -0.05) is 37.4 Å². The molecule has 6 nitrogen and oxygen atoms in total. The normalized spacial score (nSPS) is 24.0. The first-order valence-corrected chi connectivity index (χ1v) is 11.5. The predicted octanol–water partition coefficient (Wildman–Crippen LogP) is 4.10. The number of rotatable bonds is 9. The van der Waals surface area contributed by atoms with Crippen molar-refractivity contribution >= 4 is 35.3 Å². The van der Waals surface area contributed by atoms with Crippen molar-refractivity contribution in [3.8, 4) is 0 Å². The summed E-state index contributed by atoms with van der Waals surface area (Å²) in [4.78, 5) is 26.9. The van der Waals surface area contributed by atoms with Gasteiger partial charge in [0.2, 0.25) is 0 Å². The van der Waals surface area contributed by atoms with Gasteiger partial charge in [0.1, 0.15) is 0 Å². The van der Waals surface area contributed by atoms with Crippen LogP contribution in [0.3, 0.4) is 0 Å². The van der Waals surface area contributed by atoms with Crippen LogP contribution in [0.2, 0.25) is 5.02 Å². The van der Waals surface area contributed by atoms with Crippen LogP contribution in [0.25, 0.3) is 0 Å². The number of methoxy groups -OCH3 is 1. The number of benzene rings is 1. The zero-order valence-electron chi connectivity index (χ0n) is 16.9. The minimum absolute atomic E-state index is 0.104. The fraction of sp³-hybridized carbons (Fsp3) is 0.619. The van der Waals surface area contributed by atoms with Crippen molar-refractivity contribution in [1.82, 2.24) is 4.90 Å². The van der Waals surface area contributed by atoms with Crippen LogP contribution in [0.1, 0.15) is 39.0 Å². The van der Waals surface area contributed by atoms with Gasteiger partial charge in [-0.3, -0.25) is 0 Å². The van der Waals surface area contributed by atoms with E-state index in [9.17, 15) is 9.59 Å². The first-order chi connectivity index (χ1) is 14.0. The molecule has 2 atom stereocenters. The number of piperidine rings is 1. The average Bonchev–Trinajstić information content (AvgIpc) is 2.98. The second kappa shape index (κ2) is 10.2. The molecule has 0 aromatic heterocycles. The average molecular weight is 442 g/mol. The molecular weight excluding hydrogens is 414 g/mol. The minimum Gasteiger partial charge on any atom is -0.397 e. The quantitative estimate of drug-likeness (QED) is 0.247. The lowest BCUT2D eigenvalue weighted by Gasteiger charge is -2.48. The number of hydrogen-bond acceptors (Lipinski definition) is 7. The van der Waals surface area contributed by atoms with Gasteiger partial charge in [-0.15, -0.1) is 11.8 Å². The Kier molecular flexibility index (Phi) is 7.85. The predicted molar refractivity (Wildman–Crippen MR) is 112 cm³/mol. The number of ether oxygens (including phenoxy) is 3. The van der Waals surface area contributed by atoms with E-state index >= 15 is 0 Å². The molecule has 1 spiro atoms. The van der Waals surface area contributed by atoms with E-state index < -0.39 is 24.0 Å². The number of carbonyl (C=O) groups is 2. The Bertz CT molecular complexity index is 715. The van der Waals surface area contributed by atoms with E-state index in [-0.39, 0.29) is 5.92 Å². The van der Waals surface area contributed by atoms with E-state index in [1.807, 2.05) is 29.2 Å². The molecule has 3 rings (SSSR count). The van der Waals surface area contributed by atoms with Crippen molar-refractivity contribution in [3.05, 3.63) is 29.3 Å². The number of thioether (sulfide) groups is 1. The largest absolute Gasteiger partial charge is 0.422 e. The van der Waals surface area contributed by atoms with Crippen LogP contribution in [0.15, 0.2) is 29.2 Å². The van der Waals surface area contributed by atoms with E-state index in [0.717, 1.165) is 42.8 Å². The molecule has 2 saturated heterocycles. The molecular formula is C21H28ClNO5S. The van der Waals surface area contributed by atoms with E-state index in [2.05, 4.69) is 6.92 Å². The minimum atomic E-state index is -1.44. The molecule has 1 aromatic carbocycles. The lowest BCUT2D eigenvalue weighted by Crippen LogP contribution is -2.65. The third kappa shape index (κ3) is 5.08. The maximum Gasteiger partial charge on any atom is 0.422 e. The maximum atomic E-state index is 11.9. The molecule has 0 aliphatic carbocycles. The molecule has 2 fully saturated rings. The second-order valence-electron chi connectivity index (χ2n) is 7.40. The van der Waals surface area contributed by atoms with Crippen molar-refractivity contribution in [2.75, 3.05) is 26.0 Å². The van der Waals surface area contributed by atoms with Crippen molar-refractivity contribution in [1.29, 1.82) is 0 Å². The lowest BCUT2D eigenvalue weighted by atomic mass is 9.88. The highest BCUT2D eigenvalue weighted by atomic mass is 35.5. The topological polar surface area (TPSA) is 65.1 Å². The number of likely N-dealkylation sites (tertiary alicyclic amines) is 1. The summed E-state index contributed by atoms with van der Waals surface area (Å²) in [6.07, 6.45) is 4.29. The van der Waals surface area contributed by atoms with E-state index in [1.54, 1.807) is 18.9 Å². The molecule has 2 heterocycles. The third-order valence-electron chi connectivity index (χ3n) is 5.48. The number of esters is 2. The van der Waals surface area contributed by atoms with Crippen molar-refractivity contribution < 1.29 is 23.8 Å². The SMILES string of the molecule is CCCCCN1CCC(CCSc2cccc(Cl)c2)C(OC)C12OC(=O)C(=O)O2. The van der Waals surface area contributed by atoms with E-state index in [0.29, 0.717) is 18.1 Å². The van der Waals surface area contributed by atoms with Gasteiger partial charge in [-0.05, 0) is 49.1 Å². The highest BCUT2D eigenvalue weighted by molar-refractivity contribution is 7.99. The molecule has 2 aliphatic rings. The number of unbranched alkanes of at least 4 members (excludes halogenated alkanes) is 2. The molecule has 0 radical (unpaired) electrons. The Morgan fingerprint density at radius 2 is 2.03 bits per heavy atom. The monoisotopic (exact) mass is 441 g/mol. The van der Waals surface area contributed by atoms with E-state index in [4.69, 9.17) is 25.8 Å². The smallest absolute Gasteiger partial charge is 0.397 e. The Morgan fingerprint density at radius 1 is 1.28 bits per heavy atom. The number of carbonyl (C=O) groups excluding carboxylic acids is 2. The van der Waals surface area contributed by atoms with Crippen LogP contribution < -0.4 is 0 Å². The summed E-state index contributed by atoms with van der Waals surface area (Å²) in [6, 6.07) is 7.76.